The van der Waals surface area contributed by atoms with E-state index in [0.717, 1.165) is 54.7 Å². The van der Waals surface area contributed by atoms with Crippen LogP contribution in [-0.2, 0) is 0 Å². The van der Waals surface area contributed by atoms with E-state index >= 15 is 0 Å². The van der Waals surface area contributed by atoms with E-state index in [1.54, 1.807) is 12.1 Å². The Kier molecular flexibility index (Phi) is 6.29. The van der Waals surface area contributed by atoms with Gasteiger partial charge in [0.25, 0.3) is 0 Å². The lowest BCUT2D eigenvalue weighted by Gasteiger charge is -2.13. The number of rotatable bonds is 4. The molecule has 0 unspecified atom stereocenters. The van der Waals surface area contributed by atoms with E-state index in [0.29, 0.717) is 11.4 Å². The first-order valence-corrected chi connectivity index (χ1v) is 15.1. The van der Waals surface area contributed by atoms with E-state index in [1.807, 2.05) is 12.1 Å². The van der Waals surface area contributed by atoms with Crippen LogP contribution in [0.3, 0.4) is 0 Å². The van der Waals surface area contributed by atoms with Gasteiger partial charge >= 0.3 is 0 Å². The molecule has 0 fully saturated rings. The average molecular weight is 628 g/mol. The second kappa shape index (κ2) is 10.6. The van der Waals surface area contributed by atoms with E-state index in [2.05, 4.69) is 142 Å². The number of aromatic nitrogens is 3. The van der Waals surface area contributed by atoms with Crippen molar-refractivity contribution < 1.29 is 0 Å². The standard InChI is InChI=1S/C39H23BrN4/c40-31-20-30(21-32(22-31)44-37-11-5-3-9-33(37)34-10-4-6-12-38(34)44)36-23-35(29-18-17-26-7-1-2-8-28(26)19-29)42-39(43-36)27-15-13-25(24-41)14-16-27/h1-23H. The molecular formula is C39H23BrN4. The molecule has 0 saturated heterocycles. The number of nitriles is 1. The average Bonchev–Trinajstić information content (AvgIpc) is 3.42. The van der Waals surface area contributed by atoms with Gasteiger partial charge in [-0.2, -0.15) is 5.26 Å². The summed E-state index contributed by atoms with van der Waals surface area (Å²) in [7, 11) is 0. The first-order chi connectivity index (χ1) is 21.6. The number of benzene rings is 6. The molecular weight excluding hydrogens is 604 g/mol. The highest BCUT2D eigenvalue weighted by Gasteiger charge is 2.16. The van der Waals surface area contributed by atoms with Crippen LogP contribution in [0, 0.1) is 11.3 Å². The molecule has 0 saturated carbocycles. The van der Waals surface area contributed by atoms with Gasteiger partial charge in [0.05, 0.1) is 34.1 Å². The van der Waals surface area contributed by atoms with Crippen LogP contribution in [0.2, 0.25) is 0 Å². The summed E-state index contributed by atoms with van der Waals surface area (Å²) < 4.78 is 3.27. The van der Waals surface area contributed by atoms with Crippen molar-refractivity contribution in [1.29, 1.82) is 5.26 Å². The molecule has 2 heterocycles. The van der Waals surface area contributed by atoms with Gasteiger partial charge < -0.3 is 4.57 Å². The minimum Gasteiger partial charge on any atom is -0.309 e. The van der Waals surface area contributed by atoms with E-state index < -0.39 is 0 Å². The lowest BCUT2D eigenvalue weighted by atomic mass is 10.0. The Labute approximate surface area is 262 Å². The summed E-state index contributed by atoms with van der Waals surface area (Å²) in [5.74, 6) is 0.605. The van der Waals surface area contributed by atoms with Gasteiger partial charge in [0.15, 0.2) is 5.82 Å². The van der Waals surface area contributed by atoms with Crippen LogP contribution < -0.4 is 0 Å². The molecule has 206 valence electrons. The predicted octanol–water partition coefficient (Wildman–Crippen LogP) is 10.4. The summed E-state index contributed by atoms with van der Waals surface area (Å²) in [5, 5.41) is 14.1. The molecule has 5 heteroatoms. The Morgan fingerprint density at radius 1 is 0.545 bits per heavy atom. The van der Waals surface area contributed by atoms with Crippen molar-refractivity contribution in [3.8, 4) is 45.7 Å². The fraction of sp³-hybridized carbons (Fsp3) is 0. The highest BCUT2D eigenvalue weighted by molar-refractivity contribution is 9.10. The minimum absolute atomic E-state index is 0.600. The van der Waals surface area contributed by atoms with Crippen LogP contribution >= 0.6 is 15.9 Å². The number of nitrogens with zero attached hydrogens (tertiary/aromatic N) is 4. The zero-order chi connectivity index (χ0) is 29.6. The number of fused-ring (bicyclic) bond motifs is 4. The molecule has 6 aromatic carbocycles. The van der Waals surface area contributed by atoms with Gasteiger partial charge in [0, 0.05) is 37.6 Å². The van der Waals surface area contributed by atoms with Gasteiger partial charge in [-0.05, 0) is 77.5 Å². The van der Waals surface area contributed by atoms with Gasteiger partial charge in [-0.3, -0.25) is 0 Å². The van der Waals surface area contributed by atoms with Crippen molar-refractivity contribution >= 4 is 48.5 Å². The smallest absolute Gasteiger partial charge is 0.160 e. The minimum atomic E-state index is 0.600. The molecule has 0 aliphatic heterocycles. The third-order valence-electron chi connectivity index (χ3n) is 8.06. The number of para-hydroxylation sites is 2. The van der Waals surface area contributed by atoms with Crippen molar-refractivity contribution in [3.05, 3.63) is 150 Å². The van der Waals surface area contributed by atoms with Crippen molar-refractivity contribution in [2.45, 2.75) is 0 Å². The summed E-state index contributed by atoms with van der Waals surface area (Å²) in [4.78, 5) is 10.1. The van der Waals surface area contributed by atoms with Gasteiger partial charge in [-0.15, -0.1) is 0 Å². The Bertz CT molecular complexity index is 2360. The van der Waals surface area contributed by atoms with Crippen molar-refractivity contribution in [2.24, 2.45) is 0 Å². The first-order valence-electron chi connectivity index (χ1n) is 14.3. The number of hydrogen-bond acceptors (Lipinski definition) is 3. The molecule has 4 nitrogen and oxygen atoms in total. The molecule has 0 amide bonds. The van der Waals surface area contributed by atoms with Crippen molar-refractivity contribution in [3.63, 3.8) is 0 Å². The maximum absolute atomic E-state index is 9.35. The SMILES string of the molecule is N#Cc1ccc(-c2nc(-c3cc(Br)cc(-n4c5ccccc5c5ccccc54)c3)cc(-c3ccc4ccccc4c3)n2)cc1. The normalized spacial score (nSPS) is 11.3. The van der Waals surface area contributed by atoms with Crippen LogP contribution in [0.4, 0.5) is 0 Å². The van der Waals surface area contributed by atoms with Crippen molar-refractivity contribution in [1.82, 2.24) is 14.5 Å². The highest BCUT2D eigenvalue weighted by Crippen LogP contribution is 2.36. The summed E-state index contributed by atoms with van der Waals surface area (Å²) in [6.07, 6.45) is 0. The summed E-state index contributed by atoms with van der Waals surface area (Å²) in [5.41, 5.74) is 8.41. The molecule has 0 spiro atoms. The van der Waals surface area contributed by atoms with Gasteiger partial charge in [-0.25, -0.2) is 9.97 Å². The lowest BCUT2D eigenvalue weighted by molar-refractivity contribution is 1.16. The third kappa shape index (κ3) is 4.53. The quantitative estimate of drug-likeness (QED) is 0.195. The first kappa shape index (κ1) is 26.1. The fourth-order valence-electron chi connectivity index (χ4n) is 5.97. The fourth-order valence-corrected chi connectivity index (χ4v) is 6.45. The number of halogens is 1. The molecule has 0 bridgehead atoms. The van der Waals surface area contributed by atoms with Crippen LogP contribution in [0.25, 0.3) is 72.2 Å². The van der Waals surface area contributed by atoms with Crippen LogP contribution in [0.1, 0.15) is 5.56 Å². The van der Waals surface area contributed by atoms with E-state index in [9.17, 15) is 5.26 Å². The summed E-state index contributed by atoms with van der Waals surface area (Å²) in [6.45, 7) is 0. The Morgan fingerprint density at radius 2 is 1.16 bits per heavy atom. The maximum atomic E-state index is 9.35. The van der Waals surface area contributed by atoms with Crippen LogP contribution in [0.15, 0.2) is 144 Å². The molecule has 0 atom stereocenters. The third-order valence-corrected chi connectivity index (χ3v) is 8.52. The second-order valence-corrected chi connectivity index (χ2v) is 11.7. The molecule has 0 radical (unpaired) electrons. The molecule has 8 rings (SSSR count). The van der Waals surface area contributed by atoms with Crippen LogP contribution in [-0.4, -0.2) is 14.5 Å². The largest absolute Gasteiger partial charge is 0.309 e. The predicted molar refractivity (Wildman–Crippen MR) is 183 cm³/mol. The molecule has 44 heavy (non-hydrogen) atoms. The monoisotopic (exact) mass is 626 g/mol. The van der Waals surface area contributed by atoms with Gasteiger partial charge in [0.1, 0.15) is 0 Å². The topological polar surface area (TPSA) is 54.5 Å². The molecule has 0 aliphatic carbocycles. The van der Waals surface area contributed by atoms with E-state index in [4.69, 9.17) is 9.97 Å². The highest BCUT2D eigenvalue weighted by atomic mass is 79.9. The van der Waals surface area contributed by atoms with Crippen molar-refractivity contribution in [2.75, 3.05) is 0 Å². The summed E-state index contributed by atoms with van der Waals surface area (Å²) in [6, 6.07) is 49.9. The Balaban J connectivity index is 1.35. The molecule has 8 aromatic rings. The Hall–Kier alpha value is -5.57. The molecule has 0 N–H and O–H groups in total. The zero-order valence-corrected chi connectivity index (χ0v) is 25.0. The van der Waals surface area contributed by atoms with Gasteiger partial charge in [0.2, 0.25) is 0 Å². The molecule has 0 aliphatic rings. The van der Waals surface area contributed by atoms with E-state index in [1.165, 1.54) is 16.2 Å². The van der Waals surface area contributed by atoms with Gasteiger partial charge in [-0.1, -0.05) is 88.7 Å². The lowest BCUT2D eigenvalue weighted by Crippen LogP contribution is -1.98. The second-order valence-electron chi connectivity index (χ2n) is 10.8. The Morgan fingerprint density at radius 3 is 1.86 bits per heavy atom. The van der Waals surface area contributed by atoms with E-state index in [-0.39, 0.29) is 0 Å². The zero-order valence-electron chi connectivity index (χ0n) is 23.4. The number of hydrogen-bond donors (Lipinski definition) is 0. The maximum Gasteiger partial charge on any atom is 0.160 e. The molecule has 2 aromatic heterocycles. The van der Waals surface area contributed by atoms with Crippen LogP contribution in [0.5, 0.6) is 0 Å². The summed E-state index contributed by atoms with van der Waals surface area (Å²) >= 11 is 3.81.